The maximum Gasteiger partial charge on any atom is 0.135 e. The topological polar surface area (TPSA) is 53.3 Å². The Hall–Kier alpha value is -8.24. The van der Waals surface area contributed by atoms with Crippen LogP contribution in [0.1, 0.15) is 58.2 Å². The van der Waals surface area contributed by atoms with E-state index >= 15 is 0 Å². The molecule has 4 heterocycles. The summed E-state index contributed by atoms with van der Waals surface area (Å²) in [5, 5.41) is 18.3. The van der Waals surface area contributed by atoms with Gasteiger partial charge >= 0.3 is 0 Å². The van der Waals surface area contributed by atoms with Gasteiger partial charge in [0.15, 0.2) is 0 Å². The van der Waals surface area contributed by atoms with Crippen LogP contribution in [0.3, 0.4) is 0 Å². The first kappa shape index (κ1) is 41.9. The standard InChI is InChI=1S/C63H48ClN5O/c1-62(2,3)39-25-28-51-47(33-39)48-34-40(63(4,5)6)26-29-52(48)67(51)42-16-13-15-41(35-42)66(43-27-30-59-49(36-43)45-18-8-12-24-58(45)70-59)56-31-38(37-65)32-57(60(56)64)68-53-21-10-11-22-54(53)69-50-20-9-7-17-44(50)46-19-14-23-55(68)61(46)69/h7-36H,1-6H3. The third-order valence-corrected chi connectivity index (χ3v) is 14.8. The third kappa shape index (κ3) is 6.25. The Morgan fingerprint density at radius 3 is 1.80 bits per heavy atom. The predicted octanol–water partition coefficient (Wildman–Crippen LogP) is 18.2. The lowest BCUT2D eigenvalue weighted by atomic mass is 9.85. The van der Waals surface area contributed by atoms with Gasteiger partial charge in [-0.25, -0.2) is 0 Å². The lowest BCUT2D eigenvalue weighted by molar-refractivity contribution is 0.590. The number of para-hydroxylation sites is 5. The highest BCUT2D eigenvalue weighted by molar-refractivity contribution is 6.37. The van der Waals surface area contributed by atoms with Crippen molar-refractivity contribution in [3.63, 3.8) is 0 Å². The molecule has 3 aromatic heterocycles. The molecule has 0 N–H and O–H groups in total. The van der Waals surface area contributed by atoms with Crippen LogP contribution in [-0.4, -0.2) is 9.13 Å². The van der Waals surface area contributed by atoms with Crippen molar-refractivity contribution >= 4 is 111 Å². The molecule has 0 saturated carbocycles. The van der Waals surface area contributed by atoms with E-state index in [9.17, 15) is 5.26 Å². The number of hydrogen-bond acceptors (Lipinski definition) is 4. The molecule has 13 rings (SSSR count). The zero-order valence-corrected chi connectivity index (χ0v) is 40.6. The van der Waals surface area contributed by atoms with Gasteiger partial charge in [-0.1, -0.05) is 132 Å². The van der Waals surface area contributed by atoms with Gasteiger partial charge in [0.2, 0.25) is 0 Å². The van der Waals surface area contributed by atoms with Crippen LogP contribution >= 0.6 is 11.6 Å². The lowest BCUT2D eigenvalue weighted by Crippen LogP contribution is -2.19. The number of aromatic nitrogens is 2. The molecule has 1 aliphatic rings. The minimum Gasteiger partial charge on any atom is -0.456 e. The monoisotopic (exact) mass is 925 g/mol. The second-order valence-corrected chi connectivity index (χ2v) is 21.1. The number of hydrogen-bond donors (Lipinski definition) is 0. The maximum atomic E-state index is 11.0. The zero-order valence-electron chi connectivity index (χ0n) is 39.8. The van der Waals surface area contributed by atoms with Crippen LogP contribution in [0.15, 0.2) is 186 Å². The van der Waals surface area contributed by atoms with Crippen LogP contribution in [0.5, 0.6) is 0 Å². The molecular formula is C63H48ClN5O. The zero-order chi connectivity index (χ0) is 47.8. The third-order valence-electron chi connectivity index (χ3n) is 14.4. The number of fused-ring (bicyclic) bond motifs is 11. The predicted molar refractivity (Wildman–Crippen MR) is 292 cm³/mol. The highest BCUT2D eigenvalue weighted by Gasteiger charge is 2.32. The Morgan fingerprint density at radius 1 is 0.471 bits per heavy atom. The SMILES string of the molecule is CC(C)(C)c1ccc2c(c1)c1cc(C(C)(C)C)ccc1n2-c1cccc(N(c2ccc3oc4ccccc4c3c2)c2cc(C#N)cc(N3c4ccccc4-n4c5ccccc5c5cccc3c54)c2Cl)c1. The number of halogens is 1. The Morgan fingerprint density at radius 2 is 1.07 bits per heavy atom. The van der Waals surface area contributed by atoms with Crippen molar-refractivity contribution < 1.29 is 4.42 Å². The summed E-state index contributed by atoms with van der Waals surface area (Å²) in [5.41, 5.74) is 16.2. The van der Waals surface area contributed by atoms with Gasteiger partial charge in [-0.2, -0.15) is 5.26 Å². The summed E-state index contributed by atoms with van der Waals surface area (Å²) in [6.07, 6.45) is 0. The second-order valence-electron chi connectivity index (χ2n) is 20.7. The molecule has 6 nitrogen and oxygen atoms in total. The molecule has 0 radical (unpaired) electrons. The van der Waals surface area contributed by atoms with Gasteiger partial charge < -0.3 is 23.4 Å². The molecule has 1 aliphatic heterocycles. The van der Waals surface area contributed by atoms with Crippen molar-refractivity contribution in [1.82, 2.24) is 9.13 Å². The van der Waals surface area contributed by atoms with E-state index in [0.717, 1.165) is 83.5 Å². The normalized spacial score (nSPS) is 12.7. The molecule has 12 aromatic rings. The molecule has 0 bridgehead atoms. The van der Waals surface area contributed by atoms with Gasteiger partial charge in [0, 0.05) is 49.4 Å². The van der Waals surface area contributed by atoms with Gasteiger partial charge in [0.05, 0.1) is 67.2 Å². The summed E-state index contributed by atoms with van der Waals surface area (Å²) in [6, 6.07) is 66.9. The number of rotatable bonds is 5. The fraction of sp³-hybridized carbons (Fsp3) is 0.127. The van der Waals surface area contributed by atoms with E-state index in [0.29, 0.717) is 22.0 Å². The van der Waals surface area contributed by atoms with E-state index in [-0.39, 0.29) is 10.8 Å². The Labute approximate surface area is 411 Å². The van der Waals surface area contributed by atoms with Gasteiger partial charge in [-0.05, 0) is 125 Å². The van der Waals surface area contributed by atoms with Gasteiger partial charge in [-0.3, -0.25) is 0 Å². The molecule has 0 unspecified atom stereocenters. The summed E-state index contributed by atoms with van der Waals surface area (Å²) < 4.78 is 11.1. The number of nitriles is 1. The van der Waals surface area contributed by atoms with E-state index in [1.54, 1.807) is 0 Å². The van der Waals surface area contributed by atoms with Crippen LogP contribution < -0.4 is 9.80 Å². The van der Waals surface area contributed by atoms with Crippen LogP contribution in [-0.2, 0) is 10.8 Å². The number of nitrogens with zero attached hydrogens (tertiary/aromatic N) is 5. The highest BCUT2D eigenvalue weighted by atomic mass is 35.5. The first-order valence-corrected chi connectivity index (χ1v) is 24.3. The van der Waals surface area contributed by atoms with Crippen LogP contribution in [0.2, 0.25) is 5.02 Å². The number of anilines is 6. The molecular weight excluding hydrogens is 878 g/mol. The largest absolute Gasteiger partial charge is 0.456 e. The summed E-state index contributed by atoms with van der Waals surface area (Å²) in [5.74, 6) is 0. The average molecular weight is 927 g/mol. The summed E-state index contributed by atoms with van der Waals surface area (Å²) in [4.78, 5) is 4.44. The maximum absolute atomic E-state index is 11.0. The molecule has 0 atom stereocenters. The number of furan rings is 1. The lowest BCUT2D eigenvalue weighted by Gasteiger charge is -2.35. The van der Waals surface area contributed by atoms with Crippen LogP contribution in [0.4, 0.5) is 34.1 Å². The summed E-state index contributed by atoms with van der Waals surface area (Å²) in [7, 11) is 0. The molecule has 70 heavy (non-hydrogen) atoms. The van der Waals surface area contributed by atoms with Crippen molar-refractivity contribution in [3.8, 4) is 17.4 Å². The van der Waals surface area contributed by atoms with Crippen LogP contribution in [0, 0.1) is 11.3 Å². The molecule has 7 heteroatoms. The first-order valence-electron chi connectivity index (χ1n) is 23.9. The Kier molecular flexibility index (Phi) is 9.06. The molecule has 0 saturated heterocycles. The van der Waals surface area contributed by atoms with Gasteiger partial charge in [-0.15, -0.1) is 0 Å². The molecule has 0 aliphatic carbocycles. The molecule has 0 spiro atoms. The summed E-state index contributed by atoms with van der Waals surface area (Å²) >= 11 is 8.04. The minimum absolute atomic E-state index is 0.0244. The molecule has 0 fully saturated rings. The molecule has 0 amide bonds. The summed E-state index contributed by atoms with van der Waals surface area (Å²) in [6.45, 7) is 13.7. The second kappa shape index (κ2) is 15.1. The van der Waals surface area contributed by atoms with E-state index in [1.165, 1.54) is 27.3 Å². The fourth-order valence-corrected chi connectivity index (χ4v) is 11.2. The van der Waals surface area contributed by atoms with E-state index in [1.807, 2.05) is 36.4 Å². The van der Waals surface area contributed by atoms with Crippen molar-refractivity contribution in [2.75, 3.05) is 9.80 Å². The highest BCUT2D eigenvalue weighted by Crippen LogP contribution is 2.54. The van der Waals surface area contributed by atoms with Crippen molar-refractivity contribution in [2.24, 2.45) is 0 Å². The van der Waals surface area contributed by atoms with Crippen molar-refractivity contribution in [1.29, 1.82) is 5.26 Å². The smallest absolute Gasteiger partial charge is 0.135 e. The van der Waals surface area contributed by atoms with E-state index in [4.69, 9.17) is 16.0 Å². The first-order chi connectivity index (χ1) is 33.9. The quantitative estimate of drug-likeness (QED) is 0.173. The van der Waals surface area contributed by atoms with Crippen molar-refractivity contribution in [2.45, 2.75) is 52.4 Å². The Bertz CT molecular complexity index is 4130. The molecule has 338 valence electrons. The van der Waals surface area contributed by atoms with E-state index in [2.05, 4.69) is 212 Å². The average Bonchev–Trinajstić information content (AvgIpc) is 4.02. The fourth-order valence-electron chi connectivity index (χ4n) is 10.9. The number of benzene rings is 9. The van der Waals surface area contributed by atoms with Gasteiger partial charge in [0.25, 0.3) is 0 Å². The molecule has 9 aromatic carbocycles. The van der Waals surface area contributed by atoms with Crippen molar-refractivity contribution in [3.05, 3.63) is 204 Å². The minimum atomic E-state index is -0.0244. The van der Waals surface area contributed by atoms with E-state index < -0.39 is 0 Å². The van der Waals surface area contributed by atoms with Gasteiger partial charge in [0.1, 0.15) is 11.2 Å². The van der Waals surface area contributed by atoms with Crippen LogP contribution in [0.25, 0.3) is 76.9 Å². The Balaban J connectivity index is 1.07.